The number of rotatable bonds is 16. The second-order valence-corrected chi connectivity index (χ2v) is 29.1. The Kier molecular flexibility index (Phi) is 33.7. The molecule has 1 fully saturated rings. The standard InChI is InChI=1S/C67H119N11O15/c1-27-28-29-42(14)55(80)54-65(90)93-45(17)53(78(66(91)92)67(18,19)20)63(88)72(21)35-51(79)73(22)48(32-38(6)7)58(83)70-46(30-36(2)3)61(86)75(24)49(33-39(8)9)57(82)68-43(15)56(81)69-44(16)60(85)74(23)50(34-40(10)11)59(84)71-47(31-37(4)5)62(87)76(25)52(41(12)13)64(89)77(54)26/h27-28,36-50,52-55,80H,29-35H2,1-26H3,(H,68,82)(H,69,81)(H,70,83)(H,71,84)(H,91,92)/t42-,43+,44-,45-,46+,47+,48+,49+,50+,52+,53+,54+,55-/m1/s1. The maximum atomic E-state index is 15.3. The lowest BCUT2D eigenvalue weighted by Gasteiger charge is -2.43. The molecule has 1 aliphatic rings. The van der Waals surface area contributed by atoms with Gasteiger partial charge in [0.05, 0.1) is 12.6 Å². The highest BCUT2D eigenvalue weighted by atomic mass is 16.5. The SMILES string of the molecule is CC=CC[C@@H](C)[C@@H](O)[C@H]1C(=O)O[C@H](C)[C@H](N(C(=O)O)C(C)(C)C)C(=O)N(C)CC(=O)N(C)[C@@H](CC(C)C)C(=O)N[C@@H](CC(C)C)C(=O)N(C)[C@@H](CC(C)C)C(=O)N[C@@H](C)C(=O)N[C@H](C)C(=O)N(C)[C@@H](CC(C)C)C(=O)N[C@@H](CC(C)C)C(=O)N(C)[C@@H](C(C)C)C(=O)N1C. The lowest BCUT2D eigenvalue weighted by atomic mass is 9.92. The zero-order valence-corrected chi connectivity index (χ0v) is 60.9. The van der Waals surface area contributed by atoms with E-state index in [9.17, 15) is 48.6 Å². The van der Waals surface area contributed by atoms with Crippen molar-refractivity contribution >= 4 is 71.1 Å². The quantitative estimate of drug-likeness (QED) is 0.0916. The molecule has 1 saturated heterocycles. The molecule has 26 nitrogen and oxygen atoms in total. The number of hydrogen-bond acceptors (Lipinski definition) is 14. The first-order valence-electron chi connectivity index (χ1n) is 33.0. The summed E-state index contributed by atoms with van der Waals surface area (Å²) in [6.07, 6.45) is -0.804. The van der Waals surface area contributed by atoms with Crippen molar-refractivity contribution in [3.63, 3.8) is 0 Å². The number of allylic oxidation sites excluding steroid dienone is 2. The zero-order chi connectivity index (χ0) is 72.3. The highest BCUT2D eigenvalue weighted by molar-refractivity contribution is 5.99. The summed E-state index contributed by atoms with van der Waals surface area (Å²) in [5.74, 6) is -11.2. The van der Waals surface area contributed by atoms with Gasteiger partial charge in [0.15, 0.2) is 12.1 Å². The van der Waals surface area contributed by atoms with Crippen molar-refractivity contribution in [3.8, 4) is 0 Å². The lowest BCUT2D eigenvalue weighted by molar-refractivity contribution is -0.172. The van der Waals surface area contributed by atoms with E-state index in [1.165, 1.54) is 93.6 Å². The number of nitrogens with zero attached hydrogens (tertiary/aromatic N) is 7. The fraction of sp³-hybridized carbons (Fsp3) is 0.791. The van der Waals surface area contributed by atoms with Gasteiger partial charge in [0.1, 0.15) is 54.4 Å². The molecule has 0 radical (unpaired) electrons. The molecule has 26 heteroatoms. The van der Waals surface area contributed by atoms with Crippen LogP contribution in [0.4, 0.5) is 4.79 Å². The third-order valence-electron chi connectivity index (χ3n) is 16.9. The molecule has 0 spiro atoms. The molecule has 0 aromatic rings. The summed E-state index contributed by atoms with van der Waals surface area (Å²) in [4.78, 5) is 183. The van der Waals surface area contributed by atoms with E-state index in [1.807, 2.05) is 69.2 Å². The third-order valence-corrected chi connectivity index (χ3v) is 16.9. The molecule has 0 unspecified atom stereocenters. The van der Waals surface area contributed by atoms with Crippen LogP contribution in [0.15, 0.2) is 12.2 Å². The molecule has 0 saturated carbocycles. The summed E-state index contributed by atoms with van der Waals surface area (Å²) in [7, 11) is 8.02. The Morgan fingerprint density at radius 1 is 0.538 bits per heavy atom. The van der Waals surface area contributed by atoms with Gasteiger partial charge in [-0.15, -0.1) is 0 Å². The van der Waals surface area contributed by atoms with E-state index in [-0.39, 0.29) is 68.1 Å². The number of carboxylic acid groups (broad SMARTS) is 1. The van der Waals surface area contributed by atoms with Crippen LogP contribution in [-0.4, -0.2) is 243 Å². The zero-order valence-electron chi connectivity index (χ0n) is 60.9. The number of likely N-dealkylation sites (N-methyl/N-ethyl adjacent to an activating group) is 6. The fourth-order valence-corrected chi connectivity index (χ4v) is 11.6. The van der Waals surface area contributed by atoms with Crippen LogP contribution in [0, 0.1) is 41.4 Å². The molecule has 13 atom stereocenters. The topological polar surface area (TPSA) is 325 Å². The van der Waals surface area contributed by atoms with Gasteiger partial charge in [0, 0.05) is 47.8 Å². The van der Waals surface area contributed by atoms with Crippen LogP contribution in [0.2, 0.25) is 0 Å². The Hall–Kier alpha value is -6.86. The van der Waals surface area contributed by atoms with Crippen LogP contribution in [0.1, 0.15) is 177 Å². The van der Waals surface area contributed by atoms with Crippen LogP contribution in [0.5, 0.6) is 0 Å². The Morgan fingerprint density at radius 3 is 1.32 bits per heavy atom. The summed E-state index contributed by atoms with van der Waals surface area (Å²) in [6, 6.07) is -13.7. The van der Waals surface area contributed by atoms with Crippen molar-refractivity contribution in [3.05, 3.63) is 12.2 Å². The largest absolute Gasteiger partial charge is 0.465 e. The van der Waals surface area contributed by atoms with Crippen LogP contribution in [0.3, 0.4) is 0 Å². The summed E-state index contributed by atoms with van der Waals surface area (Å²) in [5, 5.41) is 34.2. The number of amides is 11. The number of cyclic esters (lactones) is 1. The number of ether oxygens (including phenoxy) is 1. The minimum absolute atomic E-state index is 0.0669. The number of carbonyl (C=O) groups is 12. The minimum Gasteiger partial charge on any atom is -0.465 e. The minimum atomic E-state index is -1.88. The van der Waals surface area contributed by atoms with Gasteiger partial charge < -0.3 is 65.6 Å². The van der Waals surface area contributed by atoms with Gasteiger partial charge in [-0.25, -0.2) is 9.59 Å². The van der Waals surface area contributed by atoms with Crippen molar-refractivity contribution in [2.45, 2.75) is 255 Å². The highest BCUT2D eigenvalue weighted by Crippen LogP contribution is 2.28. The Bertz CT molecular complexity index is 2600. The van der Waals surface area contributed by atoms with E-state index in [4.69, 9.17) is 4.74 Å². The molecule has 532 valence electrons. The molecule has 6 N–H and O–H groups in total. The predicted molar refractivity (Wildman–Crippen MR) is 355 cm³/mol. The third kappa shape index (κ3) is 24.5. The predicted octanol–water partition coefficient (Wildman–Crippen LogP) is 4.50. The molecule has 93 heavy (non-hydrogen) atoms. The molecule has 0 bridgehead atoms. The van der Waals surface area contributed by atoms with Crippen LogP contribution >= 0.6 is 0 Å². The first-order chi connectivity index (χ1) is 42.7. The van der Waals surface area contributed by atoms with Crippen molar-refractivity contribution in [1.29, 1.82) is 0 Å². The van der Waals surface area contributed by atoms with Gasteiger partial charge in [0.2, 0.25) is 59.1 Å². The van der Waals surface area contributed by atoms with E-state index in [0.717, 1.165) is 24.5 Å². The molecule has 1 aliphatic heterocycles. The van der Waals surface area contributed by atoms with Gasteiger partial charge in [-0.1, -0.05) is 102 Å². The Morgan fingerprint density at radius 2 is 0.925 bits per heavy atom. The maximum absolute atomic E-state index is 15.3. The van der Waals surface area contributed by atoms with Gasteiger partial charge in [-0.2, -0.15) is 0 Å². The van der Waals surface area contributed by atoms with Crippen molar-refractivity contribution < 1.29 is 72.5 Å². The molecule has 1 rings (SSSR count). The molecular formula is C67H119N11O15. The molecule has 11 amide bonds. The number of aliphatic hydroxyl groups excluding tert-OH is 1. The second-order valence-electron chi connectivity index (χ2n) is 29.1. The van der Waals surface area contributed by atoms with Gasteiger partial charge in [-0.3, -0.25) is 52.8 Å². The Balaban J connectivity index is 4.52. The molecule has 1 heterocycles. The second kappa shape index (κ2) is 37.3. The number of carbonyl (C=O) groups excluding carboxylic acids is 11. The van der Waals surface area contributed by atoms with Crippen LogP contribution in [0.25, 0.3) is 0 Å². The van der Waals surface area contributed by atoms with Crippen molar-refractivity contribution in [1.82, 2.24) is 55.6 Å². The summed E-state index contributed by atoms with van der Waals surface area (Å²) in [5.41, 5.74) is -1.38. The van der Waals surface area contributed by atoms with Crippen molar-refractivity contribution in [2.24, 2.45) is 41.4 Å². The smallest absolute Gasteiger partial charge is 0.408 e. The van der Waals surface area contributed by atoms with Gasteiger partial charge in [0.25, 0.3) is 0 Å². The van der Waals surface area contributed by atoms with Gasteiger partial charge in [-0.05, 0) is 128 Å². The average Bonchev–Trinajstić information content (AvgIpc) is 0.803. The molecule has 0 aromatic heterocycles. The maximum Gasteiger partial charge on any atom is 0.408 e. The summed E-state index contributed by atoms with van der Waals surface area (Å²) >= 11 is 0. The number of aliphatic hydroxyl groups is 1. The lowest BCUT2D eigenvalue weighted by Crippen LogP contribution is -2.64. The Labute approximate surface area is 554 Å². The van der Waals surface area contributed by atoms with E-state index in [2.05, 4.69) is 21.3 Å². The normalized spacial score (nSPS) is 26.5. The van der Waals surface area contributed by atoms with E-state index in [0.29, 0.717) is 0 Å². The first kappa shape index (κ1) is 84.2. The summed E-state index contributed by atoms with van der Waals surface area (Å²) < 4.78 is 6.09. The van der Waals surface area contributed by atoms with E-state index in [1.54, 1.807) is 39.8 Å². The summed E-state index contributed by atoms with van der Waals surface area (Å²) in [6.45, 7) is 32.9. The molecule has 0 aliphatic carbocycles. The number of nitrogens with one attached hydrogen (secondary N) is 4. The van der Waals surface area contributed by atoms with Crippen LogP contribution < -0.4 is 21.3 Å². The first-order valence-corrected chi connectivity index (χ1v) is 33.0. The van der Waals surface area contributed by atoms with Crippen LogP contribution in [-0.2, 0) is 57.5 Å². The average molecular weight is 1320 g/mol. The monoisotopic (exact) mass is 1320 g/mol. The molecular weight excluding hydrogens is 1200 g/mol. The van der Waals surface area contributed by atoms with E-state index >= 15 is 19.2 Å². The van der Waals surface area contributed by atoms with E-state index < -0.39 is 168 Å². The van der Waals surface area contributed by atoms with Gasteiger partial charge >= 0.3 is 12.1 Å². The molecule has 0 aromatic carbocycles. The highest BCUT2D eigenvalue weighted by Gasteiger charge is 2.48. The number of esters is 1. The fourth-order valence-electron chi connectivity index (χ4n) is 11.6. The number of hydrogen-bond donors (Lipinski definition) is 6. The van der Waals surface area contributed by atoms with Crippen molar-refractivity contribution in [2.75, 3.05) is 48.8 Å².